The van der Waals surface area contributed by atoms with E-state index in [1.165, 1.54) is 0 Å². The highest BCUT2D eigenvalue weighted by Gasteiger charge is 2.25. The van der Waals surface area contributed by atoms with E-state index < -0.39 is 0 Å². The zero-order valence-corrected chi connectivity index (χ0v) is 18.4. The fraction of sp³-hybridized carbons (Fsp3) is 0.292. The number of nitrogens with one attached hydrogen (secondary N) is 1. The van der Waals surface area contributed by atoms with Crippen LogP contribution in [0.4, 0.5) is 0 Å². The largest absolute Gasteiger partial charge is 0.340 e. The number of amides is 1. The highest BCUT2D eigenvalue weighted by Crippen LogP contribution is 2.25. The molecule has 3 heterocycles. The minimum atomic E-state index is -0.350. The van der Waals surface area contributed by atoms with E-state index in [9.17, 15) is 4.79 Å². The van der Waals surface area contributed by atoms with Gasteiger partial charge in [0.05, 0.1) is 11.7 Å². The molecule has 4 aromatic rings. The highest BCUT2D eigenvalue weighted by atomic mass is 16.2. The SMILES string of the molecule is Cc1ccc([C@H](NC(=O)c2cc(C(C)(C)C)n3nc(C)nc3n2)c2cccnc2)cc1. The van der Waals surface area contributed by atoms with Crippen LogP contribution in [0, 0.1) is 13.8 Å². The molecule has 1 N–H and O–H groups in total. The van der Waals surface area contributed by atoms with Crippen molar-refractivity contribution in [3.63, 3.8) is 0 Å². The predicted octanol–water partition coefficient (Wildman–Crippen LogP) is 3.95. The molecule has 0 unspecified atom stereocenters. The maximum atomic E-state index is 13.3. The number of carbonyl (C=O) groups is 1. The summed E-state index contributed by atoms with van der Waals surface area (Å²) in [7, 11) is 0. The van der Waals surface area contributed by atoms with Crippen molar-refractivity contribution in [3.05, 3.63) is 88.8 Å². The van der Waals surface area contributed by atoms with Gasteiger partial charge in [-0.15, -0.1) is 0 Å². The Balaban J connectivity index is 1.75. The van der Waals surface area contributed by atoms with Crippen molar-refractivity contribution in [1.82, 2.24) is 29.9 Å². The van der Waals surface area contributed by atoms with E-state index in [0.717, 1.165) is 22.4 Å². The van der Waals surface area contributed by atoms with Gasteiger partial charge in [-0.1, -0.05) is 56.7 Å². The van der Waals surface area contributed by atoms with Gasteiger partial charge in [0.25, 0.3) is 11.7 Å². The second-order valence-corrected chi connectivity index (χ2v) is 8.75. The molecule has 31 heavy (non-hydrogen) atoms. The molecule has 0 saturated carbocycles. The van der Waals surface area contributed by atoms with Gasteiger partial charge >= 0.3 is 0 Å². The third-order valence-corrected chi connectivity index (χ3v) is 5.12. The number of fused-ring (bicyclic) bond motifs is 1. The topological polar surface area (TPSA) is 85.1 Å². The van der Waals surface area contributed by atoms with Crippen LogP contribution in [0.15, 0.2) is 54.9 Å². The van der Waals surface area contributed by atoms with Gasteiger partial charge in [-0.25, -0.2) is 9.50 Å². The number of hydrogen-bond donors (Lipinski definition) is 1. The molecule has 4 rings (SSSR count). The van der Waals surface area contributed by atoms with E-state index in [1.807, 2.05) is 50.2 Å². The summed E-state index contributed by atoms with van der Waals surface area (Å²) in [6.45, 7) is 10.1. The zero-order chi connectivity index (χ0) is 22.2. The zero-order valence-electron chi connectivity index (χ0n) is 18.4. The fourth-order valence-electron chi connectivity index (χ4n) is 3.49. The van der Waals surface area contributed by atoms with Gasteiger partial charge in [-0.05, 0) is 37.1 Å². The minimum absolute atomic E-state index is 0.240. The van der Waals surface area contributed by atoms with E-state index in [1.54, 1.807) is 23.0 Å². The first-order chi connectivity index (χ1) is 14.7. The van der Waals surface area contributed by atoms with Crippen LogP contribution >= 0.6 is 0 Å². The van der Waals surface area contributed by atoms with Crippen LogP contribution in [0.3, 0.4) is 0 Å². The van der Waals surface area contributed by atoms with Gasteiger partial charge in [-0.2, -0.15) is 10.1 Å². The monoisotopic (exact) mass is 414 g/mol. The molecule has 158 valence electrons. The summed E-state index contributed by atoms with van der Waals surface area (Å²) in [5.41, 5.74) is 3.97. The molecular formula is C24H26N6O. The minimum Gasteiger partial charge on any atom is -0.340 e. The van der Waals surface area contributed by atoms with Gasteiger partial charge in [-0.3, -0.25) is 9.78 Å². The average Bonchev–Trinajstić information content (AvgIpc) is 3.11. The van der Waals surface area contributed by atoms with Crippen molar-refractivity contribution < 1.29 is 4.79 Å². The van der Waals surface area contributed by atoms with Crippen molar-refractivity contribution in [2.45, 2.75) is 46.1 Å². The molecular weight excluding hydrogens is 388 g/mol. The quantitative estimate of drug-likeness (QED) is 0.546. The van der Waals surface area contributed by atoms with Crippen LogP contribution in [0.1, 0.15) is 65.5 Å². The van der Waals surface area contributed by atoms with Crippen molar-refractivity contribution in [1.29, 1.82) is 0 Å². The highest BCUT2D eigenvalue weighted by molar-refractivity contribution is 5.93. The Morgan fingerprint density at radius 3 is 2.42 bits per heavy atom. The molecule has 1 atom stereocenters. The van der Waals surface area contributed by atoms with Gasteiger partial charge in [0.2, 0.25) is 0 Å². The Bertz CT molecular complexity index is 1220. The summed E-state index contributed by atoms with van der Waals surface area (Å²) in [4.78, 5) is 26.4. The van der Waals surface area contributed by atoms with Crippen molar-refractivity contribution in [2.75, 3.05) is 0 Å². The number of aryl methyl sites for hydroxylation is 2. The molecule has 0 aliphatic carbocycles. The van der Waals surface area contributed by atoms with Crippen LogP contribution in [0.2, 0.25) is 0 Å². The van der Waals surface area contributed by atoms with Gasteiger partial charge < -0.3 is 5.32 Å². The molecule has 0 aliphatic rings. The normalized spacial score (nSPS) is 12.7. The van der Waals surface area contributed by atoms with Crippen LogP contribution in [-0.2, 0) is 5.41 Å². The lowest BCUT2D eigenvalue weighted by atomic mass is 9.91. The van der Waals surface area contributed by atoms with E-state index >= 15 is 0 Å². The lowest BCUT2D eigenvalue weighted by Gasteiger charge is -2.22. The Labute approximate surface area is 181 Å². The second-order valence-electron chi connectivity index (χ2n) is 8.75. The smallest absolute Gasteiger partial charge is 0.270 e. The Morgan fingerprint density at radius 2 is 1.77 bits per heavy atom. The Morgan fingerprint density at radius 1 is 1.03 bits per heavy atom. The average molecular weight is 415 g/mol. The number of aromatic nitrogens is 5. The number of nitrogens with zero attached hydrogens (tertiary/aromatic N) is 5. The Kier molecular flexibility index (Phi) is 5.27. The van der Waals surface area contributed by atoms with E-state index in [0.29, 0.717) is 17.3 Å². The third-order valence-electron chi connectivity index (χ3n) is 5.12. The summed E-state index contributed by atoms with van der Waals surface area (Å²) in [6.07, 6.45) is 3.49. The molecule has 0 radical (unpaired) electrons. The van der Waals surface area contributed by atoms with Crippen molar-refractivity contribution in [2.24, 2.45) is 0 Å². The standard InChI is InChI=1S/C24H26N6O/c1-15-8-10-17(11-9-15)21(18-7-6-12-25-14-18)28-22(31)19-13-20(24(3,4)5)30-23(27-19)26-16(2)29-30/h6-14,21H,1-5H3,(H,28,31)/t21-/m0/s1. The number of hydrogen-bond acceptors (Lipinski definition) is 5. The predicted molar refractivity (Wildman–Crippen MR) is 119 cm³/mol. The van der Waals surface area contributed by atoms with Crippen LogP contribution in [-0.4, -0.2) is 30.5 Å². The number of carbonyl (C=O) groups excluding carboxylic acids is 1. The molecule has 7 nitrogen and oxygen atoms in total. The number of rotatable bonds is 4. The van der Waals surface area contributed by atoms with Crippen molar-refractivity contribution >= 4 is 11.7 Å². The summed E-state index contributed by atoms with van der Waals surface area (Å²) in [5.74, 6) is 0.759. The fourth-order valence-corrected chi connectivity index (χ4v) is 3.49. The number of pyridine rings is 1. The second kappa shape index (κ2) is 7.91. The molecule has 3 aromatic heterocycles. The first-order valence-electron chi connectivity index (χ1n) is 10.2. The Hall–Kier alpha value is -3.61. The molecule has 0 bridgehead atoms. The van der Waals surface area contributed by atoms with Gasteiger partial charge in [0, 0.05) is 17.8 Å². The van der Waals surface area contributed by atoms with Gasteiger partial charge in [0.15, 0.2) is 0 Å². The summed E-state index contributed by atoms with van der Waals surface area (Å²) < 4.78 is 1.71. The third kappa shape index (κ3) is 4.30. The maximum absolute atomic E-state index is 13.3. The molecule has 1 aromatic carbocycles. The summed E-state index contributed by atoms with van der Waals surface area (Å²) >= 11 is 0. The molecule has 0 fully saturated rings. The number of benzene rings is 1. The van der Waals surface area contributed by atoms with E-state index in [-0.39, 0.29) is 17.4 Å². The van der Waals surface area contributed by atoms with Gasteiger partial charge in [0.1, 0.15) is 11.5 Å². The van der Waals surface area contributed by atoms with E-state index in [4.69, 9.17) is 0 Å². The lowest BCUT2D eigenvalue weighted by molar-refractivity contribution is 0.0937. The lowest BCUT2D eigenvalue weighted by Crippen LogP contribution is -2.31. The molecule has 7 heteroatoms. The molecule has 0 spiro atoms. The first-order valence-corrected chi connectivity index (χ1v) is 10.2. The molecule has 0 saturated heterocycles. The molecule has 1 amide bonds. The van der Waals surface area contributed by atoms with E-state index in [2.05, 4.69) is 46.1 Å². The van der Waals surface area contributed by atoms with Crippen LogP contribution in [0.25, 0.3) is 5.78 Å². The summed E-state index contributed by atoms with van der Waals surface area (Å²) in [5, 5.41) is 7.58. The molecule has 0 aliphatic heterocycles. The van der Waals surface area contributed by atoms with Crippen molar-refractivity contribution in [3.8, 4) is 0 Å². The van der Waals surface area contributed by atoms with Crippen LogP contribution in [0.5, 0.6) is 0 Å². The maximum Gasteiger partial charge on any atom is 0.270 e. The first kappa shape index (κ1) is 20.7. The van der Waals surface area contributed by atoms with Crippen LogP contribution < -0.4 is 5.32 Å². The summed E-state index contributed by atoms with van der Waals surface area (Å²) in [6, 6.07) is 13.4.